The first kappa shape index (κ1) is 16.7. The van der Waals surface area contributed by atoms with E-state index >= 15 is 0 Å². The van der Waals surface area contributed by atoms with Gasteiger partial charge in [0.25, 0.3) is 0 Å². The van der Waals surface area contributed by atoms with Crippen molar-refractivity contribution in [3.63, 3.8) is 0 Å². The minimum atomic E-state index is 0.521. The molecule has 0 aromatic carbocycles. The fraction of sp³-hybridized carbons (Fsp3) is 0.588. The van der Waals surface area contributed by atoms with E-state index in [2.05, 4.69) is 51.1 Å². The SMILES string of the molecule is C=C(C)/N=C\C(C#CC(CCC)CCC)=C(C)C. The van der Waals surface area contributed by atoms with Crippen LogP contribution in [-0.4, -0.2) is 6.21 Å². The molecule has 1 heteroatoms. The van der Waals surface area contributed by atoms with Gasteiger partial charge < -0.3 is 0 Å². The molecule has 0 N–H and O–H groups in total. The number of aliphatic imine (C=N–C) groups is 1. The lowest BCUT2D eigenvalue weighted by Crippen LogP contribution is -1.96. The fourth-order valence-corrected chi connectivity index (χ4v) is 1.63. The molecule has 0 aliphatic heterocycles. The summed E-state index contributed by atoms with van der Waals surface area (Å²) in [6, 6.07) is 0. The summed E-state index contributed by atoms with van der Waals surface area (Å²) < 4.78 is 0. The molecule has 0 atom stereocenters. The predicted octanol–water partition coefficient (Wildman–Crippen LogP) is 5.15. The van der Waals surface area contributed by atoms with E-state index in [-0.39, 0.29) is 0 Å². The van der Waals surface area contributed by atoms with Gasteiger partial charge in [-0.1, -0.05) is 50.7 Å². The summed E-state index contributed by atoms with van der Waals surface area (Å²) >= 11 is 0. The maximum absolute atomic E-state index is 4.24. The first-order valence-electron chi connectivity index (χ1n) is 6.89. The van der Waals surface area contributed by atoms with E-state index in [1.165, 1.54) is 31.3 Å². The average molecular weight is 245 g/mol. The zero-order valence-electron chi connectivity index (χ0n) is 12.6. The molecule has 0 bridgehead atoms. The van der Waals surface area contributed by atoms with Crippen LogP contribution in [0.3, 0.4) is 0 Å². The molecule has 0 unspecified atom stereocenters. The maximum atomic E-state index is 4.24. The van der Waals surface area contributed by atoms with Gasteiger partial charge in [-0.05, 0) is 33.6 Å². The van der Waals surface area contributed by atoms with Crippen molar-refractivity contribution in [1.82, 2.24) is 0 Å². The normalized spacial score (nSPS) is 10.3. The molecular weight excluding hydrogens is 218 g/mol. The molecule has 0 heterocycles. The molecule has 0 spiro atoms. The van der Waals surface area contributed by atoms with Gasteiger partial charge in [0.1, 0.15) is 0 Å². The lowest BCUT2D eigenvalue weighted by atomic mass is 9.98. The van der Waals surface area contributed by atoms with Crippen LogP contribution in [0.2, 0.25) is 0 Å². The molecular formula is C17H27N. The molecule has 0 fully saturated rings. The van der Waals surface area contributed by atoms with Gasteiger partial charge >= 0.3 is 0 Å². The Morgan fingerprint density at radius 1 is 1.17 bits per heavy atom. The summed E-state index contributed by atoms with van der Waals surface area (Å²) in [6.07, 6.45) is 6.61. The van der Waals surface area contributed by atoms with E-state index in [0.717, 1.165) is 11.3 Å². The molecule has 100 valence electrons. The first-order valence-corrected chi connectivity index (χ1v) is 6.89. The smallest absolute Gasteiger partial charge is 0.0426 e. The monoisotopic (exact) mass is 245 g/mol. The number of hydrogen-bond donors (Lipinski definition) is 0. The van der Waals surface area contributed by atoms with Crippen molar-refractivity contribution in [3.8, 4) is 11.8 Å². The highest BCUT2D eigenvalue weighted by Gasteiger charge is 2.02. The average Bonchev–Trinajstić information content (AvgIpc) is 2.28. The molecule has 0 amide bonds. The summed E-state index contributed by atoms with van der Waals surface area (Å²) in [5, 5.41) is 0. The molecule has 0 aliphatic rings. The Balaban J connectivity index is 4.88. The van der Waals surface area contributed by atoms with E-state index in [0.29, 0.717) is 5.92 Å². The van der Waals surface area contributed by atoms with Crippen molar-refractivity contribution in [1.29, 1.82) is 0 Å². The molecule has 0 aromatic heterocycles. The lowest BCUT2D eigenvalue weighted by molar-refractivity contribution is 0.546. The molecule has 0 saturated heterocycles. The summed E-state index contributed by atoms with van der Waals surface area (Å²) in [7, 11) is 0. The highest BCUT2D eigenvalue weighted by molar-refractivity contribution is 5.86. The Bertz CT molecular complexity index is 364. The minimum absolute atomic E-state index is 0.521. The van der Waals surface area contributed by atoms with Crippen molar-refractivity contribution in [2.45, 2.75) is 60.3 Å². The fourth-order valence-electron chi connectivity index (χ4n) is 1.63. The van der Waals surface area contributed by atoms with Gasteiger partial charge in [0.15, 0.2) is 0 Å². The second-order valence-corrected chi connectivity index (χ2v) is 4.95. The Labute approximate surface area is 113 Å². The largest absolute Gasteiger partial charge is 0.261 e. The van der Waals surface area contributed by atoms with Gasteiger partial charge in [0.05, 0.1) is 0 Å². The van der Waals surface area contributed by atoms with E-state index in [1.54, 1.807) is 0 Å². The van der Waals surface area contributed by atoms with Crippen molar-refractivity contribution in [2.24, 2.45) is 10.9 Å². The van der Waals surface area contributed by atoms with E-state index in [9.17, 15) is 0 Å². The number of allylic oxidation sites excluding steroid dienone is 3. The molecule has 1 nitrogen and oxygen atoms in total. The standard InChI is InChI=1S/C17H27N/c1-7-9-16(10-8-2)11-12-17(14(3)4)13-18-15(5)6/h13,16H,5,7-10H2,1-4,6H3/b18-13-. The highest BCUT2D eigenvalue weighted by atomic mass is 14.7. The maximum Gasteiger partial charge on any atom is 0.0426 e. The van der Waals surface area contributed by atoms with Gasteiger partial charge in [0.2, 0.25) is 0 Å². The third kappa shape index (κ3) is 7.90. The summed E-state index contributed by atoms with van der Waals surface area (Å²) in [4.78, 5) is 4.24. The minimum Gasteiger partial charge on any atom is -0.261 e. The van der Waals surface area contributed by atoms with Crippen molar-refractivity contribution < 1.29 is 0 Å². The Morgan fingerprint density at radius 2 is 1.72 bits per heavy atom. The summed E-state index contributed by atoms with van der Waals surface area (Å²) in [5.74, 6) is 7.20. The Hall–Kier alpha value is -1.29. The second kappa shape index (κ2) is 9.71. The zero-order valence-corrected chi connectivity index (χ0v) is 12.6. The van der Waals surface area contributed by atoms with Crippen molar-refractivity contribution in [2.75, 3.05) is 0 Å². The van der Waals surface area contributed by atoms with Crippen LogP contribution in [0.4, 0.5) is 0 Å². The van der Waals surface area contributed by atoms with Gasteiger partial charge in [-0.25, -0.2) is 0 Å². The van der Waals surface area contributed by atoms with Gasteiger partial charge in [-0.15, -0.1) is 0 Å². The zero-order chi connectivity index (χ0) is 14.0. The highest BCUT2D eigenvalue weighted by Crippen LogP contribution is 2.12. The quantitative estimate of drug-likeness (QED) is 0.453. The Kier molecular flexibility index (Phi) is 9.01. The van der Waals surface area contributed by atoms with Crippen molar-refractivity contribution >= 4 is 6.21 Å². The van der Waals surface area contributed by atoms with Gasteiger partial charge in [-0.3, -0.25) is 4.99 Å². The Morgan fingerprint density at radius 3 is 2.11 bits per heavy atom. The first-order chi connectivity index (χ1) is 8.51. The topological polar surface area (TPSA) is 12.4 Å². The number of hydrogen-bond acceptors (Lipinski definition) is 1. The van der Waals surface area contributed by atoms with E-state index in [4.69, 9.17) is 0 Å². The molecule has 0 rings (SSSR count). The van der Waals surface area contributed by atoms with Crippen LogP contribution in [0.25, 0.3) is 0 Å². The van der Waals surface area contributed by atoms with Crippen LogP contribution in [0.5, 0.6) is 0 Å². The second-order valence-electron chi connectivity index (χ2n) is 4.95. The predicted molar refractivity (Wildman–Crippen MR) is 82.8 cm³/mol. The summed E-state index contributed by atoms with van der Waals surface area (Å²) in [5.41, 5.74) is 3.05. The van der Waals surface area contributed by atoms with Crippen LogP contribution in [0, 0.1) is 17.8 Å². The number of rotatable bonds is 6. The molecule has 0 saturated carbocycles. The van der Waals surface area contributed by atoms with Gasteiger partial charge in [0, 0.05) is 23.4 Å². The number of nitrogens with zero attached hydrogens (tertiary/aromatic N) is 1. The van der Waals surface area contributed by atoms with Crippen LogP contribution < -0.4 is 0 Å². The van der Waals surface area contributed by atoms with Crippen molar-refractivity contribution in [3.05, 3.63) is 23.4 Å². The van der Waals surface area contributed by atoms with Crippen LogP contribution in [0.15, 0.2) is 28.4 Å². The van der Waals surface area contributed by atoms with Crippen LogP contribution in [0.1, 0.15) is 60.3 Å². The van der Waals surface area contributed by atoms with Crippen LogP contribution >= 0.6 is 0 Å². The molecule has 0 aliphatic carbocycles. The van der Waals surface area contributed by atoms with E-state index < -0.39 is 0 Å². The summed E-state index contributed by atoms with van der Waals surface area (Å²) in [6.45, 7) is 14.2. The third-order valence-corrected chi connectivity index (χ3v) is 2.64. The lowest BCUT2D eigenvalue weighted by Gasteiger charge is -2.06. The molecule has 0 radical (unpaired) electrons. The third-order valence-electron chi connectivity index (χ3n) is 2.64. The van der Waals surface area contributed by atoms with Crippen LogP contribution in [-0.2, 0) is 0 Å². The molecule has 18 heavy (non-hydrogen) atoms. The van der Waals surface area contributed by atoms with Gasteiger partial charge in [-0.2, -0.15) is 0 Å². The molecule has 0 aromatic rings. The van der Waals surface area contributed by atoms with E-state index in [1.807, 2.05) is 13.1 Å².